The maximum atomic E-state index is 4.60. The van der Waals surface area contributed by atoms with Gasteiger partial charge in [-0.3, -0.25) is 10.4 Å². The van der Waals surface area contributed by atoms with Gasteiger partial charge in [-0.05, 0) is 35.1 Å². The maximum absolute atomic E-state index is 4.60. The first-order chi connectivity index (χ1) is 12.4. The third-order valence-electron chi connectivity index (χ3n) is 3.95. The van der Waals surface area contributed by atoms with E-state index in [1.807, 2.05) is 42.5 Å². The molecule has 1 aromatic carbocycles. The zero-order chi connectivity index (χ0) is 16.9. The van der Waals surface area contributed by atoms with Gasteiger partial charge in [0.15, 0.2) is 5.82 Å². The molecule has 4 heterocycles. The third kappa shape index (κ3) is 3.64. The van der Waals surface area contributed by atoms with Crippen LogP contribution >= 0.6 is 10.9 Å². The molecular formula is C19H19N5S. The Balaban J connectivity index is 0.000000223. The van der Waals surface area contributed by atoms with Crippen LogP contribution in [0.1, 0.15) is 12.2 Å². The Hall–Kier alpha value is -2.86. The Kier molecular flexibility index (Phi) is 4.61. The lowest BCUT2D eigenvalue weighted by Crippen LogP contribution is -2.17. The fourth-order valence-corrected chi connectivity index (χ4v) is 4.39. The molecule has 0 spiro atoms. The van der Waals surface area contributed by atoms with Crippen molar-refractivity contribution < 1.29 is 0 Å². The van der Waals surface area contributed by atoms with E-state index in [1.54, 1.807) is 12.4 Å². The van der Waals surface area contributed by atoms with Gasteiger partial charge < -0.3 is 4.98 Å². The first kappa shape index (κ1) is 15.7. The van der Waals surface area contributed by atoms with Crippen molar-refractivity contribution in [3.05, 3.63) is 83.7 Å². The number of allylic oxidation sites excluding steroid dienone is 2. The number of rotatable bonds is 2. The SMILES string of the molecule is C1=C[SH](C2CC(c3nc4ccccc4[nH]3)=NN2)C=C1.c1ccncc1. The summed E-state index contributed by atoms with van der Waals surface area (Å²) >= 11 is 0. The van der Waals surface area contributed by atoms with Gasteiger partial charge >= 0.3 is 0 Å². The first-order valence-electron chi connectivity index (χ1n) is 8.15. The van der Waals surface area contributed by atoms with E-state index in [-0.39, 0.29) is 10.9 Å². The normalized spacial score (nSPS) is 19.4. The number of pyridine rings is 1. The molecule has 1 unspecified atom stereocenters. The van der Waals surface area contributed by atoms with Crippen molar-refractivity contribution in [2.24, 2.45) is 5.10 Å². The largest absolute Gasteiger partial charge is 0.337 e. The predicted molar refractivity (Wildman–Crippen MR) is 106 cm³/mol. The van der Waals surface area contributed by atoms with Crippen molar-refractivity contribution in [3.8, 4) is 0 Å². The topological polar surface area (TPSA) is 66.0 Å². The Bertz CT molecular complexity index is 857. The molecule has 2 N–H and O–H groups in total. The van der Waals surface area contributed by atoms with E-state index in [9.17, 15) is 0 Å². The van der Waals surface area contributed by atoms with Crippen LogP contribution in [0.2, 0.25) is 0 Å². The highest BCUT2D eigenvalue weighted by Gasteiger charge is 2.25. The van der Waals surface area contributed by atoms with E-state index in [0.717, 1.165) is 29.0 Å². The lowest BCUT2D eigenvalue weighted by Gasteiger charge is -2.17. The summed E-state index contributed by atoms with van der Waals surface area (Å²) in [4.78, 5) is 11.7. The van der Waals surface area contributed by atoms with Crippen LogP contribution in [0.25, 0.3) is 11.0 Å². The molecule has 3 aromatic rings. The molecule has 0 radical (unpaired) electrons. The zero-order valence-electron chi connectivity index (χ0n) is 13.6. The number of aromatic nitrogens is 3. The van der Waals surface area contributed by atoms with Crippen LogP contribution in [0, 0.1) is 0 Å². The van der Waals surface area contributed by atoms with E-state index in [1.165, 1.54) is 0 Å². The zero-order valence-corrected chi connectivity index (χ0v) is 14.5. The summed E-state index contributed by atoms with van der Waals surface area (Å²) in [6, 6.07) is 13.8. The Morgan fingerprint density at radius 2 is 1.76 bits per heavy atom. The number of hydrogen-bond donors (Lipinski definition) is 3. The molecule has 1 atom stereocenters. The number of fused-ring (bicyclic) bond motifs is 1. The lowest BCUT2D eigenvalue weighted by molar-refractivity contribution is 0.761. The number of thiol groups is 1. The van der Waals surface area contributed by atoms with Gasteiger partial charge in [0.2, 0.25) is 0 Å². The van der Waals surface area contributed by atoms with Crippen LogP contribution in [0.15, 0.2) is 82.9 Å². The van der Waals surface area contributed by atoms with E-state index >= 15 is 0 Å². The minimum absolute atomic E-state index is 0.215. The average molecular weight is 349 g/mol. The van der Waals surface area contributed by atoms with Crippen LogP contribution in [-0.2, 0) is 0 Å². The van der Waals surface area contributed by atoms with Gasteiger partial charge in [-0.15, -0.1) is 0 Å². The van der Waals surface area contributed by atoms with E-state index in [4.69, 9.17) is 0 Å². The summed E-state index contributed by atoms with van der Waals surface area (Å²) in [7, 11) is -0.215. The fourth-order valence-electron chi connectivity index (χ4n) is 2.71. The van der Waals surface area contributed by atoms with Crippen molar-refractivity contribution in [1.82, 2.24) is 20.4 Å². The molecule has 5 rings (SSSR count). The number of aromatic amines is 1. The van der Waals surface area contributed by atoms with Crippen LogP contribution < -0.4 is 5.43 Å². The quantitative estimate of drug-likeness (QED) is 0.618. The van der Waals surface area contributed by atoms with Gasteiger partial charge in [-0.25, -0.2) is 4.98 Å². The molecule has 126 valence electrons. The number of benzene rings is 1. The number of hydrogen-bond acceptors (Lipinski definition) is 4. The fraction of sp³-hybridized carbons (Fsp3) is 0.105. The standard InChI is InChI=1S/C14H14N4S.C5H5N/c1-2-6-11-10(5-1)15-14(16-11)12-9-13(18-17-12)19-7-3-4-8-19;1-2-4-6-5-3-1/h1-8,13,18-19H,9H2,(H,15,16);1-5H. The number of hydrazone groups is 1. The highest BCUT2D eigenvalue weighted by atomic mass is 32.2. The number of nitrogens with one attached hydrogen (secondary N) is 2. The van der Waals surface area contributed by atoms with Crippen molar-refractivity contribution in [2.75, 3.05) is 0 Å². The molecule has 25 heavy (non-hydrogen) atoms. The molecule has 0 saturated heterocycles. The molecular weight excluding hydrogens is 330 g/mol. The molecule has 0 fully saturated rings. The van der Waals surface area contributed by atoms with Crippen LogP contribution in [0.5, 0.6) is 0 Å². The van der Waals surface area contributed by atoms with Crippen molar-refractivity contribution in [1.29, 1.82) is 0 Å². The summed E-state index contributed by atoms with van der Waals surface area (Å²) in [6.45, 7) is 0. The van der Waals surface area contributed by atoms with Crippen LogP contribution in [-0.4, -0.2) is 26.0 Å². The number of imidazole rings is 1. The lowest BCUT2D eigenvalue weighted by atomic mass is 10.3. The van der Waals surface area contributed by atoms with Gasteiger partial charge in [-0.1, -0.05) is 30.4 Å². The van der Waals surface area contributed by atoms with Gasteiger partial charge in [0.25, 0.3) is 0 Å². The summed E-state index contributed by atoms with van der Waals surface area (Å²) in [5.74, 6) is 0.887. The van der Waals surface area contributed by atoms with Crippen LogP contribution in [0.3, 0.4) is 0 Å². The maximum Gasteiger partial charge on any atom is 0.154 e. The van der Waals surface area contributed by atoms with E-state index in [2.05, 4.69) is 48.4 Å². The Labute approximate surface area is 148 Å². The minimum atomic E-state index is -0.215. The summed E-state index contributed by atoms with van der Waals surface area (Å²) < 4.78 is 0. The minimum Gasteiger partial charge on any atom is -0.337 e. The number of H-pyrrole nitrogens is 1. The van der Waals surface area contributed by atoms with Crippen LogP contribution in [0.4, 0.5) is 0 Å². The molecule has 0 aliphatic carbocycles. The highest BCUT2D eigenvalue weighted by Crippen LogP contribution is 2.40. The van der Waals surface area contributed by atoms with Gasteiger partial charge in [-0.2, -0.15) is 16.0 Å². The van der Waals surface area contributed by atoms with Crippen molar-refractivity contribution >= 4 is 27.6 Å². The predicted octanol–water partition coefficient (Wildman–Crippen LogP) is 3.71. The molecule has 2 aromatic heterocycles. The number of nitrogens with zero attached hydrogens (tertiary/aromatic N) is 3. The monoisotopic (exact) mass is 349 g/mol. The van der Waals surface area contributed by atoms with Crippen molar-refractivity contribution in [3.63, 3.8) is 0 Å². The van der Waals surface area contributed by atoms with Gasteiger partial charge in [0.05, 0.1) is 16.4 Å². The summed E-state index contributed by atoms with van der Waals surface area (Å²) in [5.41, 5.74) is 6.33. The molecule has 0 saturated carbocycles. The molecule has 0 bridgehead atoms. The van der Waals surface area contributed by atoms with Gasteiger partial charge in [0, 0.05) is 18.8 Å². The molecule has 6 heteroatoms. The van der Waals surface area contributed by atoms with E-state index < -0.39 is 0 Å². The smallest absolute Gasteiger partial charge is 0.154 e. The molecule has 2 aliphatic heterocycles. The van der Waals surface area contributed by atoms with Gasteiger partial charge in [0.1, 0.15) is 5.71 Å². The summed E-state index contributed by atoms with van der Waals surface area (Å²) in [5, 5.41) is 9.39. The second-order valence-corrected chi connectivity index (χ2v) is 7.78. The van der Waals surface area contributed by atoms with E-state index in [0.29, 0.717) is 5.37 Å². The highest BCUT2D eigenvalue weighted by molar-refractivity contribution is 8.22. The van der Waals surface area contributed by atoms with Crippen molar-refractivity contribution in [2.45, 2.75) is 11.8 Å². The third-order valence-corrected chi connectivity index (χ3v) is 6.00. The Morgan fingerprint density at radius 1 is 0.960 bits per heavy atom. The Morgan fingerprint density at radius 3 is 2.44 bits per heavy atom. The molecule has 2 aliphatic rings. The first-order valence-corrected chi connectivity index (χ1v) is 9.70. The number of para-hydroxylation sites is 2. The second kappa shape index (κ2) is 7.36. The second-order valence-electron chi connectivity index (χ2n) is 5.66. The molecule has 5 nitrogen and oxygen atoms in total. The average Bonchev–Trinajstić information content (AvgIpc) is 3.42. The summed E-state index contributed by atoms with van der Waals surface area (Å²) in [6.07, 6.45) is 8.67. The molecule has 0 amide bonds.